The van der Waals surface area contributed by atoms with Gasteiger partial charge in [0, 0.05) is 32.5 Å². The minimum absolute atomic E-state index is 0.0268. The standard InChI is InChI=1S/C32H43N3O8S/c1-21(2)18-34(44(39,40)26-13-11-24(41-5)12-14-26)20-29(36)27(15-23-9-7-6-8-10-23)33-31(37)42-25-16-28-30(17-25)43-32(38)35(28)19-22(3)4/h6-14,21,25,27-30,36H,3,15-20H2,1-2,4-5H3,(H,33,37)/t25-,27+,28+,29-,30-/m1/s1. The van der Waals surface area contributed by atoms with Crippen molar-refractivity contribution in [2.45, 2.75) is 75.3 Å². The molecule has 12 heteroatoms. The minimum Gasteiger partial charge on any atom is -0.497 e. The lowest BCUT2D eigenvalue weighted by Gasteiger charge is -2.31. The number of alkyl carbamates (subject to hydrolysis) is 1. The Kier molecular flexibility index (Phi) is 10.9. The van der Waals surface area contributed by atoms with Crippen molar-refractivity contribution >= 4 is 22.2 Å². The van der Waals surface area contributed by atoms with Crippen LogP contribution in [0.25, 0.3) is 0 Å². The van der Waals surface area contributed by atoms with Gasteiger partial charge in [-0.05, 0) is 49.1 Å². The van der Waals surface area contributed by atoms with Crippen molar-refractivity contribution < 1.29 is 37.3 Å². The number of carbonyl (C=O) groups is 2. The molecule has 0 aromatic heterocycles. The molecule has 1 heterocycles. The highest BCUT2D eigenvalue weighted by Crippen LogP contribution is 2.35. The van der Waals surface area contributed by atoms with E-state index in [1.807, 2.05) is 51.1 Å². The van der Waals surface area contributed by atoms with E-state index in [1.165, 1.54) is 23.5 Å². The molecule has 4 rings (SSSR count). The molecule has 0 unspecified atom stereocenters. The van der Waals surface area contributed by atoms with Crippen LogP contribution >= 0.6 is 0 Å². The first kappa shape index (κ1) is 33.3. The predicted molar refractivity (Wildman–Crippen MR) is 165 cm³/mol. The average molecular weight is 630 g/mol. The molecule has 2 aliphatic rings. The molecule has 44 heavy (non-hydrogen) atoms. The van der Waals surface area contributed by atoms with E-state index in [9.17, 15) is 23.1 Å². The van der Waals surface area contributed by atoms with Crippen LogP contribution in [0.2, 0.25) is 0 Å². The molecule has 1 saturated carbocycles. The van der Waals surface area contributed by atoms with E-state index < -0.39 is 40.5 Å². The zero-order valence-corrected chi connectivity index (χ0v) is 26.5. The zero-order chi connectivity index (χ0) is 32.0. The van der Waals surface area contributed by atoms with Crippen molar-refractivity contribution in [3.05, 3.63) is 72.3 Å². The molecule has 2 aromatic carbocycles. The van der Waals surface area contributed by atoms with Gasteiger partial charge < -0.3 is 24.6 Å². The van der Waals surface area contributed by atoms with Crippen LogP contribution in [0.4, 0.5) is 9.59 Å². The van der Waals surface area contributed by atoms with Crippen LogP contribution in [-0.4, -0.2) is 92.1 Å². The molecule has 5 atom stereocenters. The van der Waals surface area contributed by atoms with Crippen molar-refractivity contribution in [1.82, 2.24) is 14.5 Å². The molecule has 240 valence electrons. The number of hydrogen-bond donors (Lipinski definition) is 2. The summed E-state index contributed by atoms with van der Waals surface area (Å²) in [4.78, 5) is 27.1. The van der Waals surface area contributed by atoms with Gasteiger partial charge in [-0.25, -0.2) is 18.0 Å². The number of methoxy groups -OCH3 is 1. The second-order valence-electron chi connectivity index (χ2n) is 12.0. The quantitative estimate of drug-likeness (QED) is 0.300. The van der Waals surface area contributed by atoms with E-state index in [2.05, 4.69) is 11.9 Å². The van der Waals surface area contributed by atoms with Gasteiger partial charge in [0.2, 0.25) is 10.0 Å². The van der Waals surface area contributed by atoms with Crippen molar-refractivity contribution in [3.63, 3.8) is 0 Å². The average Bonchev–Trinajstić information content (AvgIpc) is 3.48. The van der Waals surface area contributed by atoms with E-state index >= 15 is 0 Å². The number of amides is 2. The molecule has 1 saturated heterocycles. The highest BCUT2D eigenvalue weighted by atomic mass is 32.2. The lowest BCUT2D eigenvalue weighted by atomic mass is 10.0. The Hall–Kier alpha value is -3.61. The smallest absolute Gasteiger partial charge is 0.410 e. The van der Waals surface area contributed by atoms with Crippen molar-refractivity contribution in [2.24, 2.45) is 5.92 Å². The largest absolute Gasteiger partial charge is 0.497 e. The maximum Gasteiger partial charge on any atom is 0.410 e. The van der Waals surface area contributed by atoms with Crippen molar-refractivity contribution in [2.75, 3.05) is 26.7 Å². The summed E-state index contributed by atoms with van der Waals surface area (Å²) in [5.41, 5.74) is 1.67. The molecule has 0 bridgehead atoms. The molecule has 2 N–H and O–H groups in total. The number of hydrogen-bond acceptors (Lipinski definition) is 8. The Labute approximate surface area is 259 Å². The van der Waals surface area contributed by atoms with Crippen LogP contribution in [0.15, 0.2) is 71.6 Å². The molecular weight excluding hydrogens is 586 g/mol. The fourth-order valence-electron chi connectivity index (χ4n) is 5.69. The molecule has 0 spiro atoms. The minimum atomic E-state index is -3.98. The number of carbonyl (C=O) groups excluding carboxylic acids is 2. The number of nitrogens with one attached hydrogen (secondary N) is 1. The summed E-state index contributed by atoms with van der Waals surface area (Å²) in [6.07, 6.45) is -2.23. The molecular formula is C32H43N3O8S. The summed E-state index contributed by atoms with van der Waals surface area (Å²) in [7, 11) is -2.47. The molecule has 1 aliphatic carbocycles. The van der Waals surface area contributed by atoms with Crippen LogP contribution in [0, 0.1) is 5.92 Å². The van der Waals surface area contributed by atoms with Crippen LogP contribution in [0.1, 0.15) is 39.2 Å². The van der Waals surface area contributed by atoms with Crippen LogP contribution < -0.4 is 10.1 Å². The first-order valence-corrected chi connectivity index (χ1v) is 16.3. The van der Waals surface area contributed by atoms with E-state index in [-0.39, 0.29) is 42.5 Å². The summed E-state index contributed by atoms with van der Waals surface area (Å²) in [5.74, 6) is 0.499. The SMILES string of the molecule is C=C(C)CN1C(=O)O[C@@H]2C[C@H](OC(=O)N[C@@H](Cc3ccccc3)[C@H](O)CN(CC(C)C)S(=O)(=O)c3ccc(OC)cc3)C[C@@H]21. The summed E-state index contributed by atoms with van der Waals surface area (Å²) >= 11 is 0. The van der Waals surface area contributed by atoms with Crippen molar-refractivity contribution in [3.8, 4) is 5.75 Å². The number of ether oxygens (including phenoxy) is 3. The number of sulfonamides is 1. The molecule has 2 aromatic rings. The third kappa shape index (κ3) is 8.30. The van der Waals surface area contributed by atoms with Crippen molar-refractivity contribution in [1.29, 1.82) is 0 Å². The lowest BCUT2D eigenvalue weighted by molar-refractivity contribution is 0.0620. The molecule has 2 amide bonds. The van der Waals surface area contributed by atoms with Gasteiger partial charge in [-0.3, -0.25) is 4.90 Å². The Bertz CT molecular complexity index is 1400. The van der Waals surface area contributed by atoms with Gasteiger partial charge in [0.25, 0.3) is 0 Å². The van der Waals surface area contributed by atoms with E-state index in [4.69, 9.17) is 14.2 Å². The maximum atomic E-state index is 13.7. The summed E-state index contributed by atoms with van der Waals surface area (Å²) in [6.45, 7) is 9.79. The molecule has 2 fully saturated rings. The number of aliphatic hydroxyl groups is 1. The van der Waals surface area contributed by atoms with Gasteiger partial charge in [-0.15, -0.1) is 0 Å². The van der Waals surface area contributed by atoms with Gasteiger partial charge in [0.1, 0.15) is 18.0 Å². The Morgan fingerprint density at radius 3 is 2.43 bits per heavy atom. The highest BCUT2D eigenvalue weighted by molar-refractivity contribution is 7.89. The van der Waals surface area contributed by atoms with Crippen LogP contribution in [-0.2, 0) is 25.9 Å². The first-order chi connectivity index (χ1) is 20.9. The second-order valence-corrected chi connectivity index (χ2v) is 13.9. The molecule has 1 aliphatic heterocycles. The summed E-state index contributed by atoms with van der Waals surface area (Å²) in [6, 6.07) is 14.3. The number of rotatable bonds is 14. The van der Waals surface area contributed by atoms with Gasteiger partial charge in [0.15, 0.2) is 0 Å². The maximum absolute atomic E-state index is 13.7. The molecule has 0 radical (unpaired) electrons. The Morgan fingerprint density at radius 1 is 1.14 bits per heavy atom. The van der Waals surface area contributed by atoms with Gasteiger partial charge in [-0.1, -0.05) is 56.3 Å². The third-order valence-electron chi connectivity index (χ3n) is 7.75. The second kappa shape index (κ2) is 14.4. The van der Waals surface area contributed by atoms with Gasteiger partial charge in [0.05, 0.1) is 30.2 Å². The van der Waals surface area contributed by atoms with Gasteiger partial charge in [-0.2, -0.15) is 4.31 Å². The normalized spacial score (nSPS) is 21.1. The van der Waals surface area contributed by atoms with E-state index in [1.54, 1.807) is 17.0 Å². The zero-order valence-electron chi connectivity index (χ0n) is 25.7. The van der Waals surface area contributed by atoms with E-state index in [0.717, 1.165) is 11.1 Å². The molecule has 11 nitrogen and oxygen atoms in total. The fraction of sp³-hybridized carbons (Fsp3) is 0.500. The van der Waals surface area contributed by atoms with Crippen LogP contribution in [0.5, 0.6) is 5.75 Å². The van der Waals surface area contributed by atoms with E-state index in [0.29, 0.717) is 25.1 Å². The third-order valence-corrected chi connectivity index (χ3v) is 9.60. The number of fused-ring (bicyclic) bond motifs is 1. The number of benzene rings is 2. The lowest BCUT2D eigenvalue weighted by Crippen LogP contribution is -2.51. The first-order valence-electron chi connectivity index (χ1n) is 14.8. The van der Waals surface area contributed by atoms with Gasteiger partial charge >= 0.3 is 12.2 Å². The number of nitrogens with zero attached hydrogens (tertiary/aromatic N) is 2. The Morgan fingerprint density at radius 2 is 1.82 bits per heavy atom. The summed E-state index contributed by atoms with van der Waals surface area (Å²) in [5, 5.41) is 14.3. The monoisotopic (exact) mass is 629 g/mol. The Balaban J connectivity index is 1.48. The topological polar surface area (TPSA) is 135 Å². The number of aliphatic hydroxyl groups excluding tert-OH is 1. The fourth-order valence-corrected chi connectivity index (χ4v) is 7.31. The highest BCUT2D eigenvalue weighted by Gasteiger charge is 2.49. The summed E-state index contributed by atoms with van der Waals surface area (Å²) < 4.78 is 45.0. The van der Waals surface area contributed by atoms with Crippen LogP contribution in [0.3, 0.4) is 0 Å². The predicted octanol–water partition coefficient (Wildman–Crippen LogP) is 3.97.